The van der Waals surface area contributed by atoms with Gasteiger partial charge in [-0.25, -0.2) is 0 Å². The number of aromatic nitrogens is 1. The minimum Gasteiger partial charge on any atom is -0.503 e. The number of carbonyl (C=O) groups is 2. The van der Waals surface area contributed by atoms with Crippen LogP contribution in [0.4, 0.5) is 0 Å². The van der Waals surface area contributed by atoms with Crippen LogP contribution in [0.2, 0.25) is 0 Å². The summed E-state index contributed by atoms with van der Waals surface area (Å²) in [6, 6.07) is 15.8. The number of Topliss-reactive ketones (excluding diaryl/α,β-unsaturated/α-hetero) is 1. The van der Waals surface area contributed by atoms with E-state index in [1.165, 1.54) is 12.0 Å². The van der Waals surface area contributed by atoms with Crippen molar-refractivity contribution < 1.29 is 23.8 Å². The summed E-state index contributed by atoms with van der Waals surface area (Å²) in [6.45, 7) is 0.491. The third-order valence-corrected chi connectivity index (χ3v) is 5.65. The molecule has 1 aliphatic rings. The van der Waals surface area contributed by atoms with Crippen LogP contribution in [0.1, 0.15) is 22.2 Å². The number of aromatic amines is 1. The van der Waals surface area contributed by atoms with Crippen molar-refractivity contribution in [1.29, 1.82) is 0 Å². The van der Waals surface area contributed by atoms with Crippen molar-refractivity contribution in [1.82, 2.24) is 9.88 Å². The largest absolute Gasteiger partial charge is 0.503 e. The van der Waals surface area contributed by atoms with Crippen LogP contribution in [0.3, 0.4) is 0 Å². The Morgan fingerprint density at radius 3 is 2.77 bits per heavy atom. The van der Waals surface area contributed by atoms with Gasteiger partial charge in [0.1, 0.15) is 5.58 Å². The summed E-state index contributed by atoms with van der Waals surface area (Å²) in [5.41, 5.74) is 2.17. The number of carbonyl (C=O) groups excluding carboxylic acids is 2. The molecule has 156 valence electrons. The Bertz CT molecular complexity index is 1310. The molecule has 0 aliphatic carbocycles. The molecule has 0 radical (unpaired) electrons. The Hall–Kier alpha value is -3.84. The molecule has 0 fully saturated rings. The van der Waals surface area contributed by atoms with Gasteiger partial charge in [0, 0.05) is 41.7 Å². The Kier molecular flexibility index (Phi) is 4.60. The van der Waals surface area contributed by atoms with Gasteiger partial charge < -0.3 is 24.1 Å². The fourth-order valence-electron chi connectivity index (χ4n) is 4.18. The zero-order valence-electron chi connectivity index (χ0n) is 16.8. The molecule has 0 saturated carbocycles. The molecule has 0 bridgehead atoms. The fourth-order valence-corrected chi connectivity index (χ4v) is 4.18. The van der Waals surface area contributed by atoms with Gasteiger partial charge in [0.15, 0.2) is 11.5 Å². The van der Waals surface area contributed by atoms with Crippen LogP contribution in [0.25, 0.3) is 21.9 Å². The topological polar surface area (TPSA) is 95.8 Å². The Labute approximate surface area is 177 Å². The highest BCUT2D eigenvalue weighted by Crippen LogP contribution is 2.41. The quantitative estimate of drug-likeness (QED) is 0.461. The molecule has 1 amide bonds. The maximum Gasteiger partial charge on any atom is 0.290 e. The van der Waals surface area contributed by atoms with Gasteiger partial charge in [-0.3, -0.25) is 9.59 Å². The first-order chi connectivity index (χ1) is 15.1. The minimum absolute atomic E-state index is 0.00455. The van der Waals surface area contributed by atoms with E-state index < -0.39 is 23.5 Å². The summed E-state index contributed by atoms with van der Waals surface area (Å²) in [5, 5.41) is 12.4. The summed E-state index contributed by atoms with van der Waals surface area (Å²) in [5.74, 6) is -1.60. The van der Waals surface area contributed by atoms with Crippen LogP contribution in [-0.4, -0.2) is 46.9 Å². The zero-order chi connectivity index (χ0) is 21.5. The van der Waals surface area contributed by atoms with Crippen molar-refractivity contribution in [3.8, 4) is 0 Å². The summed E-state index contributed by atoms with van der Waals surface area (Å²) in [7, 11) is 1.54. The highest BCUT2D eigenvalue weighted by Gasteiger charge is 2.45. The number of H-pyrrole nitrogens is 1. The summed E-state index contributed by atoms with van der Waals surface area (Å²) in [6.07, 6.45) is 1.77. The number of amides is 1. The van der Waals surface area contributed by atoms with Crippen molar-refractivity contribution in [2.75, 3.05) is 20.3 Å². The van der Waals surface area contributed by atoms with Crippen LogP contribution < -0.4 is 0 Å². The number of rotatable bonds is 6. The molecule has 5 rings (SSSR count). The lowest BCUT2D eigenvalue weighted by Gasteiger charge is -2.25. The van der Waals surface area contributed by atoms with Crippen LogP contribution in [0, 0.1) is 0 Å². The molecule has 31 heavy (non-hydrogen) atoms. The fraction of sp³-hybridized carbons (Fsp3) is 0.167. The molecule has 3 heterocycles. The highest BCUT2D eigenvalue weighted by atomic mass is 16.5. The highest BCUT2D eigenvalue weighted by molar-refractivity contribution is 6.16. The average Bonchev–Trinajstić information content (AvgIpc) is 3.47. The smallest absolute Gasteiger partial charge is 0.290 e. The number of ether oxygens (including phenoxy) is 1. The maximum absolute atomic E-state index is 13.5. The van der Waals surface area contributed by atoms with E-state index in [-0.39, 0.29) is 24.5 Å². The molecular formula is C24H20N2O5. The molecule has 0 spiro atoms. The van der Waals surface area contributed by atoms with E-state index in [9.17, 15) is 14.7 Å². The normalized spacial score (nSPS) is 16.7. The summed E-state index contributed by atoms with van der Waals surface area (Å²) >= 11 is 0. The molecule has 1 unspecified atom stereocenters. The molecule has 7 heteroatoms. The van der Waals surface area contributed by atoms with E-state index in [0.29, 0.717) is 5.58 Å². The van der Waals surface area contributed by atoms with Crippen molar-refractivity contribution in [2.45, 2.75) is 6.04 Å². The van der Waals surface area contributed by atoms with E-state index >= 15 is 0 Å². The van der Waals surface area contributed by atoms with E-state index in [4.69, 9.17) is 9.15 Å². The van der Waals surface area contributed by atoms with Crippen molar-refractivity contribution in [2.24, 2.45) is 0 Å². The van der Waals surface area contributed by atoms with Gasteiger partial charge >= 0.3 is 0 Å². The van der Waals surface area contributed by atoms with Gasteiger partial charge in [0.05, 0.1) is 18.2 Å². The number of fused-ring (bicyclic) bond motifs is 2. The number of methoxy groups -OCH3 is 1. The summed E-state index contributed by atoms with van der Waals surface area (Å²) in [4.78, 5) is 31.1. The molecular weight excluding hydrogens is 396 g/mol. The predicted octanol–water partition coefficient (Wildman–Crippen LogP) is 4.14. The Balaban J connectivity index is 1.65. The second-order valence-corrected chi connectivity index (χ2v) is 7.42. The number of benzene rings is 2. The third kappa shape index (κ3) is 3.02. The van der Waals surface area contributed by atoms with Gasteiger partial charge in [-0.05, 0) is 18.2 Å². The second kappa shape index (κ2) is 7.45. The third-order valence-electron chi connectivity index (χ3n) is 5.65. The van der Waals surface area contributed by atoms with Gasteiger partial charge in [-0.1, -0.05) is 36.4 Å². The minimum atomic E-state index is -0.764. The van der Waals surface area contributed by atoms with E-state index in [2.05, 4.69) is 4.98 Å². The first kappa shape index (κ1) is 19.1. The predicted molar refractivity (Wildman–Crippen MR) is 115 cm³/mol. The number of aliphatic hydroxyl groups is 1. The molecule has 1 atom stereocenters. The van der Waals surface area contributed by atoms with Gasteiger partial charge in [-0.15, -0.1) is 0 Å². The Morgan fingerprint density at radius 1 is 1.19 bits per heavy atom. The second-order valence-electron chi connectivity index (χ2n) is 7.42. The van der Waals surface area contributed by atoms with E-state index in [0.717, 1.165) is 21.9 Å². The van der Waals surface area contributed by atoms with Gasteiger partial charge in [0.2, 0.25) is 5.78 Å². The standard InChI is InChI=1S/C24H20N2O5/c1-30-11-10-26-21(16-13-25-17-8-4-3-7-15(16)17)20(23(28)24(26)29)22(27)19-12-14-6-2-5-9-18(14)31-19/h2-9,12-13,21,25,28H,10-11H2,1H3. The number of ketones is 1. The molecule has 2 aromatic carbocycles. The van der Waals surface area contributed by atoms with Crippen molar-refractivity contribution in [3.05, 3.63) is 83.5 Å². The average molecular weight is 416 g/mol. The molecule has 0 saturated heterocycles. The van der Waals surface area contributed by atoms with E-state index in [1.54, 1.807) is 18.3 Å². The first-order valence-corrected chi connectivity index (χ1v) is 9.92. The van der Waals surface area contributed by atoms with Gasteiger partial charge in [-0.2, -0.15) is 0 Å². The number of aliphatic hydroxyl groups excluding tert-OH is 1. The maximum atomic E-state index is 13.5. The Morgan fingerprint density at radius 2 is 1.97 bits per heavy atom. The summed E-state index contributed by atoms with van der Waals surface area (Å²) < 4.78 is 10.9. The molecule has 4 aromatic rings. The van der Waals surface area contributed by atoms with Crippen LogP contribution >= 0.6 is 0 Å². The van der Waals surface area contributed by atoms with E-state index in [1.807, 2.05) is 42.5 Å². The SMILES string of the molecule is COCCN1C(=O)C(O)=C(C(=O)c2cc3ccccc3o2)C1c1c[nH]c2ccccc12. The molecule has 7 nitrogen and oxygen atoms in total. The number of furan rings is 1. The zero-order valence-corrected chi connectivity index (χ0v) is 16.8. The lowest BCUT2D eigenvalue weighted by Crippen LogP contribution is -2.33. The van der Waals surface area contributed by atoms with Crippen molar-refractivity contribution in [3.63, 3.8) is 0 Å². The van der Waals surface area contributed by atoms with Crippen LogP contribution in [0.15, 0.2) is 76.5 Å². The first-order valence-electron chi connectivity index (χ1n) is 9.92. The molecule has 2 aromatic heterocycles. The van der Waals surface area contributed by atoms with Crippen molar-refractivity contribution >= 4 is 33.6 Å². The van der Waals surface area contributed by atoms with Gasteiger partial charge in [0.25, 0.3) is 5.91 Å². The number of nitrogens with zero attached hydrogens (tertiary/aromatic N) is 1. The lowest BCUT2D eigenvalue weighted by molar-refractivity contribution is -0.130. The molecule has 2 N–H and O–H groups in total. The number of para-hydroxylation sites is 2. The lowest BCUT2D eigenvalue weighted by atomic mass is 9.94. The number of hydrogen-bond acceptors (Lipinski definition) is 5. The number of hydrogen-bond donors (Lipinski definition) is 2. The van der Waals surface area contributed by atoms with Crippen LogP contribution in [-0.2, 0) is 9.53 Å². The number of nitrogens with one attached hydrogen (secondary N) is 1. The van der Waals surface area contributed by atoms with Crippen LogP contribution in [0.5, 0.6) is 0 Å². The molecule has 1 aliphatic heterocycles. The monoisotopic (exact) mass is 416 g/mol.